The van der Waals surface area contributed by atoms with Crippen molar-refractivity contribution in [2.45, 2.75) is 51.1 Å². The van der Waals surface area contributed by atoms with Crippen LogP contribution in [0.15, 0.2) is 21.2 Å². The van der Waals surface area contributed by atoms with Crippen LogP contribution in [0, 0.1) is 0 Å². The van der Waals surface area contributed by atoms with Gasteiger partial charge in [-0.25, -0.2) is 5.43 Å². The van der Waals surface area contributed by atoms with Gasteiger partial charge in [0.05, 0.1) is 16.8 Å². The maximum absolute atomic E-state index is 5.88. The van der Waals surface area contributed by atoms with Crippen LogP contribution in [0.2, 0.25) is 0 Å². The monoisotopic (exact) mass is 329 g/mol. The zero-order valence-electron chi connectivity index (χ0n) is 11.8. The normalized spacial score (nSPS) is 18.9. The van der Waals surface area contributed by atoms with Gasteiger partial charge in [-0.1, -0.05) is 13.8 Å². The highest BCUT2D eigenvalue weighted by Gasteiger charge is 2.44. The van der Waals surface area contributed by atoms with Crippen LogP contribution in [-0.2, 0) is 0 Å². The molecule has 0 aromatic carbocycles. The van der Waals surface area contributed by atoms with Crippen LogP contribution in [0.3, 0.4) is 0 Å². The van der Waals surface area contributed by atoms with Gasteiger partial charge in [-0.15, -0.1) is 0 Å². The fourth-order valence-electron chi connectivity index (χ4n) is 3.44. The highest BCUT2D eigenvalue weighted by atomic mass is 79.9. The molecule has 1 fully saturated rings. The van der Waals surface area contributed by atoms with Gasteiger partial charge in [0.15, 0.2) is 0 Å². The average molecular weight is 330 g/mol. The number of nitrogens with two attached hydrogens (primary N) is 1. The van der Waals surface area contributed by atoms with Crippen molar-refractivity contribution < 1.29 is 4.42 Å². The van der Waals surface area contributed by atoms with Crippen molar-refractivity contribution in [2.75, 3.05) is 13.1 Å². The molecule has 0 saturated carbocycles. The molecular formula is C14H24BrN3O. The van der Waals surface area contributed by atoms with Gasteiger partial charge in [-0.3, -0.25) is 10.7 Å². The lowest BCUT2D eigenvalue weighted by Crippen LogP contribution is -2.56. The molecule has 3 N–H and O–H groups in total. The molecule has 0 aliphatic carbocycles. The van der Waals surface area contributed by atoms with E-state index in [1.165, 1.54) is 12.8 Å². The summed E-state index contributed by atoms with van der Waals surface area (Å²) in [6.07, 6.45) is 6.36. The topological polar surface area (TPSA) is 54.4 Å². The van der Waals surface area contributed by atoms with Crippen LogP contribution in [0.5, 0.6) is 0 Å². The lowest BCUT2D eigenvalue weighted by atomic mass is 9.81. The Kier molecular flexibility index (Phi) is 5.06. The lowest BCUT2D eigenvalue weighted by Gasteiger charge is -2.45. The Bertz CT molecular complexity index is 397. The quantitative estimate of drug-likeness (QED) is 0.621. The molecule has 1 unspecified atom stereocenters. The van der Waals surface area contributed by atoms with E-state index >= 15 is 0 Å². The molecule has 2 heterocycles. The van der Waals surface area contributed by atoms with Crippen molar-refractivity contribution in [3.05, 3.63) is 22.6 Å². The summed E-state index contributed by atoms with van der Waals surface area (Å²) in [5.74, 6) is 6.78. The van der Waals surface area contributed by atoms with Crippen LogP contribution >= 0.6 is 15.9 Å². The van der Waals surface area contributed by atoms with Gasteiger partial charge in [-0.05, 0) is 60.8 Å². The summed E-state index contributed by atoms with van der Waals surface area (Å²) in [6, 6.07) is 1.93. The molecule has 5 heteroatoms. The fraction of sp³-hybridized carbons (Fsp3) is 0.714. The average Bonchev–Trinajstić information content (AvgIpc) is 3.08. The molecule has 2 rings (SSSR count). The summed E-state index contributed by atoms with van der Waals surface area (Å²) in [6.45, 7) is 6.78. The number of rotatable bonds is 6. The van der Waals surface area contributed by atoms with E-state index in [-0.39, 0.29) is 11.6 Å². The SMILES string of the molecule is CCC(CC)(C(NN)c1occc1Br)N1CCCC1. The first-order valence-electron chi connectivity index (χ1n) is 7.13. The lowest BCUT2D eigenvalue weighted by molar-refractivity contribution is 0.0527. The number of likely N-dealkylation sites (tertiary alicyclic amines) is 1. The second-order valence-electron chi connectivity index (χ2n) is 5.24. The third kappa shape index (κ3) is 2.61. The van der Waals surface area contributed by atoms with Crippen molar-refractivity contribution in [3.8, 4) is 0 Å². The number of hydrogen-bond acceptors (Lipinski definition) is 4. The number of furan rings is 1. The number of hydrazine groups is 1. The minimum Gasteiger partial charge on any atom is -0.466 e. The largest absolute Gasteiger partial charge is 0.466 e. The van der Waals surface area contributed by atoms with E-state index < -0.39 is 0 Å². The van der Waals surface area contributed by atoms with Crippen LogP contribution in [-0.4, -0.2) is 23.5 Å². The Labute approximate surface area is 123 Å². The molecule has 1 aromatic rings. The predicted molar refractivity (Wildman–Crippen MR) is 80.6 cm³/mol. The number of nitrogens with one attached hydrogen (secondary N) is 1. The molecule has 1 saturated heterocycles. The molecule has 1 aliphatic heterocycles. The zero-order chi connectivity index (χ0) is 13.9. The molecule has 0 spiro atoms. The van der Waals surface area contributed by atoms with Crippen LogP contribution in [0.25, 0.3) is 0 Å². The van der Waals surface area contributed by atoms with E-state index in [4.69, 9.17) is 10.3 Å². The molecular weight excluding hydrogens is 306 g/mol. The molecule has 1 atom stereocenters. The van der Waals surface area contributed by atoms with Gasteiger partial charge < -0.3 is 4.42 Å². The minimum absolute atomic E-state index is 0.00461. The van der Waals surface area contributed by atoms with E-state index in [1.807, 2.05) is 6.07 Å². The van der Waals surface area contributed by atoms with E-state index in [2.05, 4.69) is 40.1 Å². The van der Waals surface area contributed by atoms with Gasteiger partial charge in [0.2, 0.25) is 0 Å². The highest BCUT2D eigenvalue weighted by Crippen LogP contribution is 2.41. The Hall–Kier alpha value is -0.360. The van der Waals surface area contributed by atoms with Crippen molar-refractivity contribution in [1.82, 2.24) is 10.3 Å². The first-order chi connectivity index (χ1) is 9.19. The molecule has 4 nitrogen and oxygen atoms in total. The first kappa shape index (κ1) is 15.0. The molecule has 0 bridgehead atoms. The third-order valence-corrected chi connectivity index (χ3v) is 5.23. The molecule has 19 heavy (non-hydrogen) atoms. The highest BCUT2D eigenvalue weighted by molar-refractivity contribution is 9.10. The number of halogens is 1. The Morgan fingerprint density at radius 2 is 2.05 bits per heavy atom. The Morgan fingerprint density at radius 3 is 2.47 bits per heavy atom. The van der Waals surface area contributed by atoms with Crippen molar-refractivity contribution >= 4 is 15.9 Å². The standard InChI is InChI=1S/C14H24BrN3O/c1-3-14(4-2,18-8-5-6-9-18)13(17-16)12-11(15)7-10-19-12/h7,10,13,17H,3-6,8-9,16H2,1-2H3. The molecule has 0 amide bonds. The van der Waals surface area contributed by atoms with Gasteiger partial charge in [-0.2, -0.15) is 0 Å². The fourth-order valence-corrected chi connectivity index (χ4v) is 3.87. The van der Waals surface area contributed by atoms with Crippen LogP contribution in [0.4, 0.5) is 0 Å². The van der Waals surface area contributed by atoms with Crippen LogP contribution in [0.1, 0.15) is 51.3 Å². The smallest absolute Gasteiger partial charge is 0.138 e. The van der Waals surface area contributed by atoms with E-state index in [1.54, 1.807) is 6.26 Å². The van der Waals surface area contributed by atoms with Gasteiger partial charge in [0.1, 0.15) is 5.76 Å². The summed E-state index contributed by atoms with van der Waals surface area (Å²) >= 11 is 3.56. The second kappa shape index (κ2) is 6.39. The van der Waals surface area contributed by atoms with Crippen molar-refractivity contribution in [1.29, 1.82) is 0 Å². The summed E-state index contributed by atoms with van der Waals surface area (Å²) in [5, 5.41) is 0. The third-order valence-electron chi connectivity index (χ3n) is 4.57. The Morgan fingerprint density at radius 1 is 1.42 bits per heavy atom. The van der Waals surface area contributed by atoms with E-state index in [9.17, 15) is 0 Å². The van der Waals surface area contributed by atoms with E-state index in [0.29, 0.717) is 0 Å². The summed E-state index contributed by atoms with van der Waals surface area (Å²) in [4.78, 5) is 2.58. The first-order valence-corrected chi connectivity index (χ1v) is 7.93. The zero-order valence-corrected chi connectivity index (χ0v) is 13.4. The summed E-state index contributed by atoms with van der Waals surface area (Å²) in [5.41, 5.74) is 3.02. The molecule has 108 valence electrons. The molecule has 1 aromatic heterocycles. The Balaban J connectivity index is 2.37. The van der Waals surface area contributed by atoms with Crippen molar-refractivity contribution in [3.63, 3.8) is 0 Å². The predicted octanol–water partition coefficient (Wildman–Crippen LogP) is 3.20. The maximum Gasteiger partial charge on any atom is 0.138 e. The summed E-state index contributed by atoms with van der Waals surface area (Å²) in [7, 11) is 0. The maximum atomic E-state index is 5.88. The molecule has 0 radical (unpaired) electrons. The van der Waals surface area contributed by atoms with E-state index in [0.717, 1.165) is 36.2 Å². The molecule has 1 aliphatic rings. The van der Waals surface area contributed by atoms with Gasteiger partial charge in [0, 0.05) is 5.54 Å². The van der Waals surface area contributed by atoms with Crippen LogP contribution < -0.4 is 11.3 Å². The van der Waals surface area contributed by atoms with Crippen molar-refractivity contribution in [2.24, 2.45) is 5.84 Å². The second-order valence-corrected chi connectivity index (χ2v) is 6.09. The summed E-state index contributed by atoms with van der Waals surface area (Å²) < 4.78 is 6.66. The number of nitrogens with zero attached hydrogens (tertiary/aromatic N) is 1. The van der Waals surface area contributed by atoms with Gasteiger partial charge >= 0.3 is 0 Å². The van der Waals surface area contributed by atoms with Gasteiger partial charge in [0.25, 0.3) is 0 Å². The number of hydrogen-bond donors (Lipinski definition) is 2. The minimum atomic E-state index is 0.00461.